The van der Waals surface area contributed by atoms with Crippen LogP contribution in [0.5, 0.6) is 5.75 Å². The van der Waals surface area contributed by atoms with Crippen molar-refractivity contribution in [3.05, 3.63) is 53.1 Å². The van der Waals surface area contributed by atoms with Gasteiger partial charge in [0.1, 0.15) is 11.6 Å². The molecule has 1 aliphatic rings. The summed E-state index contributed by atoms with van der Waals surface area (Å²) < 4.78 is 5.31. The highest BCUT2D eigenvalue weighted by atomic mass is 16.5. The number of fused-ring (bicyclic) bond motifs is 1. The first kappa shape index (κ1) is 17.2. The molecule has 1 atom stereocenters. The Morgan fingerprint density at radius 1 is 1.32 bits per heavy atom. The Bertz CT molecular complexity index is 748. The molecule has 132 valence electrons. The zero-order valence-corrected chi connectivity index (χ0v) is 14.7. The van der Waals surface area contributed by atoms with Gasteiger partial charge in [-0.25, -0.2) is 14.8 Å². The van der Waals surface area contributed by atoms with Crippen molar-refractivity contribution in [2.24, 2.45) is 0 Å². The van der Waals surface area contributed by atoms with Crippen molar-refractivity contribution < 1.29 is 9.53 Å². The van der Waals surface area contributed by atoms with E-state index in [9.17, 15) is 4.79 Å². The van der Waals surface area contributed by atoms with Gasteiger partial charge in [-0.1, -0.05) is 6.07 Å². The molecule has 0 spiro atoms. The highest BCUT2D eigenvalue weighted by Gasteiger charge is 2.21. The Morgan fingerprint density at radius 2 is 2.20 bits per heavy atom. The standard InChI is InChI=1S/C19H24N4O2/c1-13-20-9-8-16(23-13)12-22-19(24)21-11-15-5-3-4-14-10-17(25-2)6-7-18(14)15/h6-10,15H,3-5,11-12H2,1-2H3,(H2,21,22,24). The Morgan fingerprint density at radius 3 is 3.00 bits per heavy atom. The van der Waals surface area contributed by atoms with Crippen LogP contribution >= 0.6 is 0 Å². The number of nitrogens with zero attached hydrogens (tertiary/aromatic N) is 2. The Kier molecular flexibility index (Phi) is 5.48. The van der Waals surface area contributed by atoms with Crippen molar-refractivity contribution in [3.63, 3.8) is 0 Å². The molecule has 0 bridgehead atoms. The predicted molar refractivity (Wildman–Crippen MR) is 95.7 cm³/mol. The number of amides is 2. The number of benzene rings is 1. The Balaban J connectivity index is 1.53. The Hall–Kier alpha value is -2.63. The molecule has 2 amide bonds. The van der Waals surface area contributed by atoms with Crippen molar-refractivity contribution in [2.45, 2.75) is 38.6 Å². The second-order valence-electron chi connectivity index (χ2n) is 6.31. The van der Waals surface area contributed by atoms with E-state index in [0.29, 0.717) is 24.8 Å². The van der Waals surface area contributed by atoms with E-state index in [4.69, 9.17) is 4.74 Å². The fourth-order valence-electron chi connectivity index (χ4n) is 3.28. The van der Waals surface area contributed by atoms with Gasteiger partial charge in [-0.15, -0.1) is 0 Å². The first-order valence-corrected chi connectivity index (χ1v) is 8.62. The molecule has 1 heterocycles. The van der Waals surface area contributed by atoms with Crippen molar-refractivity contribution in [1.29, 1.82) is 0 Å². The average molecular weight is 340 g/mol. The highest BCUT2D eigenvalue weighted by molar-refractivity contribution is 5.73. The molecule has 3 rings (SSSR count). The van der Waals surface area contributed by atoms with E-state index >= 15 is 0 Å². The summed E-state index contributed by atoms with van der Waals surface area (Å²) in [6, 6.07) is 7.87. The summed E-state index contributed by atoms with van der Waals surface area (Å²) in [5, 5.41) is 5.83. The summed E-state index contributed by atoms with van der Waals surface area (Å²) in [6.45, 7) is 2.86. The second-order valence-corrected chi connectivity index (χ2v) is 6.31. The molecule has 0 radical (unpaired) electrons. The third-order valence-corrected chi connectivity index (χ3v) is 4.56. The van der Waals surface area contributed by atoms with Crippen molar-refractivity contribution in [3.8, 4) is 5.75 Å². The molecule has 1 unspecified atom stereocenters. The number of urea groups is 1. The lowest BCUT2D eigenvalue weighted by atomic mass is 9.82. The first-order valence-electron chi connectivity index (χ1n) is 8.62. The molecule has 6 nitrogen and oxygen atoms in total. The van der Waals surface area contributed by atoms with Crippen LogP contribution in [0.1, 0.15) is 41.4 Å². The maximum atomic E-state index is 12.1. The van der Waals surface area contributed by atoms with E-state index in [1.165, 1.54) is 11.1 Å². The number of rotatable bonds is 5. The molecular formula is C19H24N4O2. The van der Waals surface area contributed by atoms with Crippen LogP contribution in [0.2, 0.25) is 0 Å². The topological polar surface area (TPSA) is 76.1 Å². The molecule has 2 N–H and O–H groups in total. The zero-order valence-electron chi connectivity index (χ0n) is 14.7. The van der Waals surface area contributed by atoms with Crippen LogP contribution in [0.3, 0.4) is 0 Å². The highest BCUT2D eigenvalue weighted by Crippen LogP contribution is 2.33. The number of methoxy groups -OCH3 is 1. The van der Waals surface area contributed by atoms with Crippen LogP contribution < -0.4 is 15.4 Å². The number of hydrogen-bond donors (Lipinski definition) is 2. The maximum absolute atomic E-state index is 12.1. The second kappa shape index (κ2) is 7.96. The molecule has 1 aromatic carbocycles. The summed E-state index contributed by atoms with van der Waals surface area (Å²) in [6.07, 6.45) is 4.99. The van der Waals surface area contributed by atoms with Crippen LogP contribution in [-0.2, 0) is 13.0 Å². The molecule has 0 aliphatic heterocycles. The lowest BCUT2D eigenvalue weighted by Crippen LogP contribution is -2.38. The van der Waals surface area contributed by atoms with Gasteiger partial charge in [-0.05, 0) is 55.5 Å². The van der Waals surface area contributed by atoms with Gasteiger partial charge in [0.25, 0.3) is 0 Å². The normalized spacial score (nSPS) is 16.0. The molecule has 25 heavy (non-hydrogen) atoms. The first-order chi connectivity index (χ1) is 12.2. The minimum Gasteiger partial charge on any atom is -0.497 e. The van der Waals surface area contributed by atoms with Gasteiger partial charge in [-0.2, -0.15) is 0 Å². The lowest BCUT2D eigenvalue weighted by Gasteiger charge is -2.26. The third kappa shape index (κ3) is 4.47. The number of aryl methyl sites for hydroxylation is 2. The molecular weight excluding hydrogens is 316 g/mol. The van der Waals surface area contributed by atoms with Crippen molar-refractivity contribution >= 4 is 6.03 Å². The van der Waals surface area contributed by atoms with Crippen LogP contribution in [0.15, 0.2) is 30.5 Å². The monoisotopic (exact) mass is 340 g/mol. The maximum Gasteiger partial charge on any atom is 0.315 e. The van der Waals surface area contributed by atoms with Gasteiger partial charge >= 0.3 is 6.03 Å². The minimum atomic E-state index is -0.170. The number of nitrogens with one attached hydrogen (secondary N) is 2. The van der Waals surface area contributed by atoms with Crippen LogP contribution in [0.25, 0.3) is 0 Å². The van der Waals surface area contributed by atoms with E-state index in [-0.39, 0.29) is 6.03 Å². The molecule has 0 saturated carbocycles. The lowest BCUT2D eigenvalue weighted by molar-refractivity contribution is 0.239. The van der Waals surface area contributed by atoms with Crippen LogP contribution in [-0.4, -0.2) is 29.7 Å². The smallest absolute Gasteiger partial charge is 0.315 e. The van der Waals surface area contributed by atoms with Gasteiger partial charge in [0, 0.05) is 18.7 Å². The largest absolute Gasteiger partial charge is 0.497 e. The SMILES string of the molecule is COc1ccc2c(c1)CCCC2CNC(=O)NCc1ccnc(C)n1. The molecule has 2 aromatic rings. The number of carbonyl (C=O) groups is 1. The van der Waals surface area contributed by atoms with Crippen LogP contribution in [0, 0.1) is 6.92 Å². The molecule has 1 aromatic heterocycles. The zero-order chi connectivity index (χ0) is 17.6. The van der Waals surface area contributed by atoms with Crippen molar-refractivity contribution in [1.82, 2.24) is 20.6 Å². The Labute approximate surface area is 148 Å². The van der Waals surface area contributed by atoms with E-state index in [1.807, 2.05) is 13.0 Å². The molecule has 6 heteroatoms. The molecule has 1 aliphatic carbocycles. The van der Waals surface area contributed by atoms with Gasteiger partial charge in [0.2, 0.25) is 0 Å². The molecule has 0 fully saturated rings. The van der Waals surface area contributed by atoms with Gasteiger partial charge in [-0.3, -0.25) is 0 Å². The van der Waals surface area contributed by atoms with E-state index < -0.39 is 0 Å². The quantitative estimate of drug-likeness (QED) is 0.877. The fourth-order valence-corrected chi connectivity index (χ4v) is 3.28. The third-order valence-electron chi connectivity index (χ3n) is 4.56. The number of ether oxygens (including phenoxy) is 1. The number of carbonyl (C=O) groups excluding carboxylic acids is 1. The fraction of sp³-hybridized carbons (Fsp3) is 0.421. The average Bonchev–Trinajstić information content (AvgIpc) is 2.64. The van der Waals surface area contributed by atoms with Gasteiger partial charge in [0.05, 0.1) is 19.3 Å². The van der Waals surface area contributed by atoms with E-state index in [2.05, 4.69) is 32.7 Å². The van der Waals surface area contributed by atoms with Crippen molar-refractivity contribution in [2.75, 3.05) is 13.7 Å². The van der Waals surface area contributed by atoms with Gasteiger partial charge < -0.3 is 15.4 Å². The predicted octanol–water partition coefficient (Wildman–Crippen LogP) is 2.71. The van der Waals surface area contributed by atoms with Crippen LogP contribution in [0.4, 0.5) is 4.79 Å². The number of aromatic nitrogens is 2. The summed E-state index contributed by atoms with van der Waals surface area (Å²) in [4.78, 5) is 20.4. The number of hydrogen-bond acceptors (Lipinski definition) is 4. The summed E-state index contributed by atoms with van der Waals surface area (Å²) >= 11 is 0. The van der Waals surface area contributed by atoms with E-state index in [1.54, 1.807) is 19.4 Å². The molecule has 0 saturated heterocycles. The van der Waals surface area contributed by atoms with E-state index in [0.717, 1.165) is 30.7 Å². The summed E-state index contributed by atoms with van der Waals surface area (Å²) in [5.41, 5.74) is 3.45. The minimum absolute atomic E-state index is 0.170. The summed E-state index contributed by atoms with van der Waals surface area (Å²) in [5.74, 6) is 1.95. The van der Waals surface area contributed by atoms with Gasteiger partial charge in [0.15, 0.2) is 0 Å². The summed E-state index contributed by atoms with van der Waals surface area (Å²) in [7, 11) is 1.69.